The molecule has 0 atom stereocenters. The molecule has 0 saturated heterocycles. The molecule has 2 N–H and O–H groups in total. The number of hydrogen-bond donors (Lipinski definition) is 2. The first kappa shape index (κ1) is 20.7. The van der Waals surface area contributed by atoms with Crippen LogP contribution in [0.25, 0.3) is 0 Å². The van der Waals surface area contributed by atoms with E-state index < -0.39 is 16.1 Å². The van der Waals surface area contributed by atoms with Gasteiger partial charge in [0.05, 0.1) is 10.6 Å². The van der Waals surface area contributed by atoms with Crippen molar-refractivity contribution in [1.29, 1.82) is 0 Å². The molecule has 0 aromatic heterocycles. The highest BCUT2D eigenvalue weighted by Crippen LogP contribution is 2.24. The zero-order valence-corrected chi connectivity index (χ0v) is 17.2. The molecule has 0 fully saturated rings. The Labute approximate surface area is 175 Å². The summed E-state index contributed by atoms with van der Waals surface area (Å²) >= 11 is 5.90. The van der Waals surface area contributed by atoms with E-state index in [1.54, 1.807) is 67.6 Å². The van der Waals surface area contributed by atoms with Crippen LogP contribution in [0.3, 0.4) is 0 Å². The largest absolute Gasteiger partial charge is 0.323 e. The van der Waals surface area contributed by atoms with Crippen molar-refractivity contribution in [1.82, 2.24) is 0 Å². The minimum Gasteiger partial charge on any atom is -0.308 e. The molecule has 0 heterocycles. The number of carbonyl (C=O) groups is 1. The molecule has 0 aliphatic rings. The minimum atomic E-state index is -3.71. The summed E-state index contributed by atoms with van der Waals surface area (Å²) in [5.41, 5.74) is 1.61. The first-order valence-electron chi connectivity index (χ1n) is 8.91. The number of hydrogen-bond acceptors (Lipinski definition) is 3. The molecule has 0 unspecified atom stereocenters. The Balaban J connectivity index is 1.72. The molecular formula is C21H20ClN3O3S. The normalized spacial score (nSPS) is 11.0. The number of nitrogens with one attached hydrogen (secondary N) is 2. The Kier molecular flexibility index (Phi) is 6.41. The van der Waals surface area contributed by atoms with Crippen LogP contribution in [-0.2, 0) is 10.0 Å². The molecule has 8 heteroatoms. The standard InChI is InChI=1S/C21H20ClN3O3S/c1-2-25(19-9-4-3-5-10-19)29(27,28)20-13-11-17(12-14-20)23-21(26)24-18-8-6-7-16(22)15-18/h3-15H,2H2,1H3,(H2,23,24,26). The lowest BCUT2D eigenvalue weighted by molar-refractivity contribution is 0.262. The summed E-state index contributed by atoms with van der Waals surface area (Å²) in [6, 6.07) is 21.2. The topological polar surface area (TPSA) is 78.5 Å². The van der Waals surface area contributed by atoms with Gasteiger partial charge < -0.3 is 10.6 Å². The van der Waals surface area contributed by atoms with Crippen LogP contribution >= 0.6 is 11.6 Å². The summed E-state index contributed by atoms with van der Waals surface area (Å²) in [6.45, 7) is 2.08. The van der Waals surface area contributed by atoms with Crippen LogP contribution in [0, 0.1) is 0 Å². The molecule has 3 rings (SSSR count). The molecule has 0 aliphatic carbocycles. The molecule has 2 amide bonds. The maximum atomic E-state index is 13.0. The van der Waals surface area contributed by atoms with E-state index in [1.165, 1.54) is 16.4 Å². The van der Waals surface area contributed by atoms with E-state index in [9.17, 15) is 13.2 Å². The van der Waals surface area contributed by atoms with Gasteiger partial charge in [0.2, 0.25) is 0 Å². The van der Waals surface area contributed by atoms with Crippen LogP contribution in [0.5, 0.6) is 0 Å². The molecule has 3 aromatic carbocycles. The SMILES string of the molecule is CCN(c1ccccc1)S(=O)(=O)c1ccc(NC(=O)Nc2cccc(Cl)c2)cc1. The Bertz CT molecular complexity index is 1090. The predicted molar refractivity (Wildman–Crippen MR) is 117 cm³/mol. The summed E-state index contributed by atoms with van der Waals surface area (Å²) in [7, 11) is -3.71. The lowest BCUT2D eigenvalue weighted by Crippen LogP contribution is -2.30. The Morgan fingerprint density at radius 1 is 0.897 bits per heavy atom. The fraction of sp³-hybridized carbons (Fsp3) is 0.0952. The van der Waals surface area contributed by atoms with Crippen LogP contribution < -0.4 is 14.9 Å². The van der Waals surface area contributed by atoms with Gasteiger partial charge in [0.15, 0.2) is 0 Å². The number of carbonyl (C=O) groups excluding carboxylic acids is 1. The van der Waals surface area contributed by atoms with Gasteiger partial charge in [-0.15, -0.1) is 0 Å². The third-order valence-corrected chi connectivity index (χ3v) is 6.27. The van der Waals surface area contributed by atoms with E-state index in [0.29, 0.717) is 28.6 Å². The lowest BCUT2D eigenvalue weighted by atomic mass is 10.3. The number of amides is 2. The number of para-hydroxylation sites is 1. The van der Waals surface area contributed by atoms with Gasteiger partial charge in [-0.3, -0.25) is 4.31 Å². The fourth-order valence-electron chi connectivity index (χ4n) is 2.78. The quantitative estimate of drug-likeness (QED) is 0.565. The van der Waals surface area contributed by atoms with Crippen molar-refractivity contribution >= 4 is 44.7 Å². The fourth-order valence-corrected chi connectivity index (χ4v) is 4.45. The van der Waals surface area contributed by atoms with Crippen molar-refractivity contribution in [2.45, 2.75) is 11.8 Å². The van der Waals surface area contributed by atoms with Gasteiger partial charge in [0.25, 0.3) is 10.0 Å². The number of benzene rings is 3. The number of nitrogens with zero attached hydrogens (tertiary/aromatic N) is 1. The van der Waals surface area contributed by atoms with Gasteiger partial charge in [-0.2, -0.15) is 0 Å². The van der Waals surface area contributed by atoms with E-state index in [-0.39, 0.29) is 4.90 Å². The zero-order chi connectivity index (χ0) is 20.9. The Hall–Kier alpha value is -3.03. The molecule has 0 saturated carbocycles. The van der Waals surface area contributed by atoms with Crippen LogP contribution in [-0.4, -0.2) is 21.0 Å². The second-order valence-electron chi connectivity index (χ2n) is 6.12. The highest BCUT2D eigenvalue weighted by Gasteiger charge is 2.23. The smallest absolute Gasteiger partial charge is 0.308 e. The van der Waals surface area contributed by atoms with Crippen LogP contribution in [0.15, 0.2) is 83.8 Å². The number of rotatable bonds is 6. The maximum absolute atomic E-state index is 13.0. The molecule has 0 aliphatic heterocycles. The first-order valence-corrected chi connectivity index (χ1v) is 10.7. The molecule has 0 spiro atoms. The monoisotopic (exact) mass is 429 g/mol. The number of anilines is 3. The molecule has 3 aromatic rings. The van der Waals surface area contributed by atoms with Crippen LogP contribution in [0.1, 0.15) is 6.92 Å². The van der Waals surface area contributed by atoms with E-state index in [1.807, 2.05) is 6.07 Å². The average Bonchev–Trinajstić information content (AvgIpc) is 2.69. The number of urea groups is 1. The van der Waals surface area contributed by atoms with E-state index in [4.69, 9.17) is 11.6 Å². The highest BCUT2D eigenvalue weighted by atomic mass is 35.5. The summed E-state index contributed by atoms with van der Waals surface area (Å²) in [5.74, 6) is 0. The second kappa shape index (κ2) is 8.98. The molecule has 0 radical (unpaired) electrons. The van der Waals surface area contributed by atoms with E-state index in [2.05, 4.69) is 10.6 Å². The summed E-state index contributed by atoms with van der Waals surface area (Å²) in [5, 5.41) is 5.84. The zero-order valence-electron chi connectivity index (χ0n) is 15.7. The van der Waals surface area contributed by atoms with Gasteiger partial charge >= 0.3 is 6.03 Å². The number of halogens is 1. The van der Waals surface area contributed by atoms with Crippen molar-refractivity contribution < 1.29 is 13.2 Å². The first-order chi connectivity index (χ1) is 13.9. The van der Waals surface area contributed by atoms with E-state index >= 15 is 0 Å². The summed E-state index contributed by atoms with van der Waals surface area (Å²) < 4.78 is 27.3. The minimum absolute atomic E-state index is 0.143. The molecule has 29 heavy (non-hydrogen) atoms. The average molecular weight is 430 g/mol. The third kappa shape index (κ3) is 5.07. The summed E-state index contributed by atoms with van der Waals surface area (Å²) in [4.78, 5) is 12.3. The Morgan fingerprint density at radius 2 is 1.55 bits per heavy atom. The van der Waals surface area contributed by atoms with Gasteiger partial charge in [-0.05, 0) is 61.5 Å². The van der Waals surface area contributed by atoms with Crippen molar-refractivity contribution in [3.05, 3.63) is 83.9 Å². The predicted octanol–water partition coefficient (Wildman–Crippen LogP) is 5.20. The maximum Gasteiger partial charge on any atom is 0.323 e. The number of sulfonamides is 1. The van der Waals surface area contributed by atoms with Crippen molar-refractivity contribution in [2.24, 2.45) is 0 Å². The van der Waals surface area contributed by atoms with E-state index in [0.717, 1.165) is 0 Å². The molecule has 150 valence electrons. The van der Waals surface area contributed by atoms with Crippen LogP contribution in [0.4, 0.5) is 21.9 Å². The van der Waals surface area contributed by atoms with Gasteiger partial charge in [0, 0.05) is 22.9 Å². The van der Waals surface area contributed by atoms with Crippen molar-refractivity contribution in [3.8, 4) is 0 Å². The van der Waals surface area contributed by atoms with Crippen LogP contribution in [0.2, 0.25) is 5.02 Å². The van der Waals surface area contributed by atoms with Gasteiger partial charge in [0.1, 0.15) is 0 Å². The summed E-state index contributed by atoms with van der Waals surface area (Å²) in [6.07, 6.45) is 0. The molecular weight excluding hydrogens is 410 g/mol. The Morgan fingerprint density at radius 3 is 2.17 bits per heavy atom. The third-order valence-electron chi connectivity index (χ3n) is 4.11. The highest BCUT2D eigenvalue weighted by molar-refractivity contribution is 7.92. The second-order valence-corrected chi connectivity index (χ2v) is 8.42. The molecule has 6 nitrogen and oxygen atoms in total. The lowest BCUT2D eigenvalue weighted by Gasteiger charge is -2.23. The van der Waals surface area contributed by atoms with Gasteiger partial charge in [-0.1, -0.05) is 35.9 Å². The van der Waals surface area contributed by atoms with Crippen molar-refractivity contribution in [2.75, 3.05) is 21.5 Å². The molecule has 0 bridgehead atoms. The van der Waals surface area contributed by atoms with Crippen molar-refractivity contribution in [3.63, 3.8) is 0 Å². The van der Waals surface area contributed by atoms with Gasteiger partial charge in [-0.25, -0.2) is 13.2 Å².